The summed E-state index contributed by atoms with van der Waals surface area (Å²) < 4.78 is 1.95. The molecule has 2 amide bonds. The average Bonchev–Trinajstić information content (AvgIpc) is 3.08. The molecule has 2 heterocycles. The van der Waals surface area contributed by atoms with E-state index in [0.717, 1.165) is 38.1 Å². The Hall–Kier alpha value is -2.37. The third-order valence-corrected chi connectivity index (χ3v) is 4.90. The Kier molecular flexibility index (Phi) is 5.68. The first kappa shape index (κ1) is 17.5. The van der Waals surface area contributed by atoms with Crippen molar-refractivity contribution in [3.63, 3.8) is 0 Å². The maximum atomic E-state index is 12.8. The number of piperidine rings is 1. The molecule has 1 fully saturated rings. The summed E-state index contributed by atoms with van der Waals surface area (Å²) in [5.74, 6) is 1.22. The van der Waals surface area contributed by atoms with E-state index in [9.17, 15) is 4.79 Å². The van der Waals surface area contributed by atoms with Crippen molar-refractivity contribution in [1.82, 2.24) is 25.0 Å². The van der Waals surface area contributed by atoms with Crippen LogP contribution in [0.1, 0.15) is 56.0 Å². The molecule has 0 aliphatic carbocycles. The standard InChI is InChI=1S/C19H27N5O/c1-3-8-17(15-9-5-4-6-10-15)21-19(25)24-12-7-11-16(13-24)18-22-20-14-23(18)2/h4-6,9-10,14,16-17H,3,7-8,11-13H2,1-2H3,(H,21,25)/t16-,17-/m0/s1. The zero-order chi connectivity index (χ0) is 17.6. The normalized spacial score (nSPS) is 18.8. The summed E-state index contributed by atoms with van der Waals surface area (Å²) in [6.45, 7) is 3.65. The van der Waals surface area contributed by atoms with Gasteiger partial charge in [0.2, 0.25) is 0 Å². The third-order valence-electron chi connectivity index (χ3n) is 4.90. The van der Waals surface area contributed by atoms with Gasteiger partial charge in [-0.3, -0.25) is 0 Å². The van der Waals surface area contributed by atoms with E-state index in [2.05, 4.69) is 34.6 Å². The van der Waals surface area contributed by atoms with E-state index in [-0.39, 0.29) is 18.0 Å². The van der Waals surface area contributed by atoms with Crippen LogP contribution < -0.4 is 5.32 Å². The number of nitrogens with zero attached hydrogens (tertiary/aromatic N) is 4. The Morgan fingerprint density at radius 3 is 2.84 bits per heavy atom. The molecular weight excluding hydrogens is 314 g/mol. The van der Waals surface area contributed by atoms with Crippen molar-refractivity contribution in [3.05, 3.63) is 48.0 Å². The van der Waals surface area contributed by atoms with Crippen molar-refractivity contribution in [2.45, 2.75) is 44.6 Å². The lowest BCUT2D eigenvalue weighted by Gasteiger charge is -2.33. The fraction of sp³-hybridized carbons (Fsp3) is 0.526. The van der Waals surface area contributed by atoms with Gasteiger partial charge in [0, 0.05) is 26.1 Å². The van der Waals surface area contributed by atoms with E-state index in [1.54, 1.807) is 6.33 Å². The molecule has 0 bridgehead atoms. The molecule has 3 rings (SSSR count). The summed E-state index contributed by atoms with van der Waals surface area (Å²) in [6, 6.07) is 10.3. The Morgan fingerprint density at radius 1 is 1.36 bits per heavy atom. The van der Waals surface area contributed by atoms with Crippen molar-refractivity contribution in [2.75, 3.05) is 13.1 Å². The molecule has 1 aromatic carbocycles. The number of rotatable bonds is 5. The summed E-state index contributed by atoms with van der Waals surface area (Å²) in [6.07, 6.45) is 5.74. The first-order valence-corrected chi connectivity index (χ1v) is 9.13. The molecule has 2 aromatic rings. The maximum Gasteiger partial charge on any atom is 0.317 e. The number of amides is 2. The maximum absolute atomic E-state index is 12.8. The lowest BCUT2D eigenvalue weighted by molar-refractivity contribution is 0.173. The number of likely N-dealkylation sites (tertiary alicyclic amines) is 1. The number of benzene rings is 1. The molecule has 1 aliphatic heterocycles. The van der Waals surface area contributed by atoms with Gasteiger partial charge in [-0.25, -0.2) is 4.79 Å². The molecule has 6 heteroatoms. The number of urea groups is 1. The van der Waals surface area contributed by atoms with Crippen LogP contribution in [0.3, 0.4) is 0 Å². The highest BCUT2D eigenvalue weighted by Crippen LogP contribution is 2.26. The first-order chi connectivity index (χ1) is 12.2. The number of hydrogen-bond donors (Lipinski definition) is 1. The van der Waals surface area contributed by atoms with Crippen LogP contribution >= 0.6 is 0 Å². The summed E-state index contributed by atoms with van der Waals surface area (Å²) >= 11 is 0. The fourth-order valence-electron chi connectivity index (χ4n) is 3.57. The lowest BCUT2D eigenvalue weighted by Crippen LogP contribution is -2.46. The van der Waals surface area contributed by atoms with Crippen molar-refractivity contribution in [3.8, 4) is 0 Å². The summed E-state index contributed by atoms with van der Waals surface area (Å²) in [4.78, 5) is 14.8. The predicted molar refractivity (Wildman–Crippen MR) is 97.2 cm³/mol. The predicted octanol–water partition coefficient (Wildman–Crippen LogP) is 3.25. The van der Waals surface area contributed by atoms with Gasteiger partial charge in [-0.1, -0.05) is 43.7 Å². The largest absolute Gasteiger partial charge is 0.331 e. The number of carbonyl (C=O) groups excluding carboxylic acids is 1. The van der Waals surface area contributed by atoms with Gasteiger partial charge in [-0.15, -0.1) is 10.2 Å². The minimum Gasteiger partial charge on any atom is -0.331 e. The smallest absolute Gasteiger partial charge is 0.317 e. The van der Waals surface area contributed by atoms with Gasteiger partial charge >= 0.3 is 6.03 Å². The first-order valence-electron chi connectivity index (χ1n) is 9.13. The van der Waals surface area contributed by atoms with Crippen LogP contribution in [0.4, 0.5) is 4.79 Å². The minimum atomic E-state index is 0.0224. The molecule has 2 atom stereocenters. The van der Waals surface area contributed by atoms with Gasteiger partial charge in [0.05, 0.1) is 6.04 Å². The number of nitrogens with one attached hydrogen (secondary N) is 1. The van der Waals surface area contributed by atoms with Crippen LogP contribution in [-0.2, 0) is 7.05 Å². The molecule has 134 valence electrons. The van der Waals surface area contributed by atoms with Gasteiger partial charge in [-0.2, -0.15) is 0 Å². The number of aryl methyl sites for hydroxylation is 1. The van der Waals surface area contributed by atoms with E-state index < -0.39 is 0 Å². The number of aromatic nitrogens is 3. The molecule has 0 unspecified atom stereocenters. The minimum absolute atomic E-state index is 0.0224. The van der Waals surface area contributed by atoms with E-state index in [4.69, 9.17) is 0 Å². The second kappa shape index (κ2) is 8.14. The monoisotopic (exact) mass is 341 g/mol. The molecule has 1 N–H and O–H groups in total. The second-order valence-electron chi connectivity index (χ2n) is 6.79. The Morgan fingerprint density at radius 2 is 2.16 bits per heavy atom. The molecule has 0 spiro atoms. The molecule has 1 aromatic heterocycles. The molecule has 6 nitrogen and oxygen atoms in total. The van der Waals surface area contributed by atoms with Gasteiger partial charge < -0.3 is 14.8 Å². The molecule has 1 aliphatic rings. The van der Waals surface area contributed by atoms with Crippen molar-refractivity contribution in [1.29, 1.82) is 0 Å². The SMILES string of the molecule is CCC[C@H](NC(=O)N1CCC[C@H](c2nncn2C)C1)c1ccccc1. The average molecular weight is 341 g/mol. The second-order valence-corrected chi connectivity index (χ2v) is 6.79. The van der Waals surface area contributed by atoms with Crippen LogP contribution in [0.15, 0.2) is 36.7 Å². The van der Waals surface area contributed by atoms with E-state index in [0.29, 0.717) is 6.54 Å². The quantitative estimate of drug-likeness (QED) is 0.908. The van der Waals surface area contributed by atoms with E-state index in [1.165, 1.54) is 5.56 Å². The molecular formula is C19H27N5O. The highest BCUT2D eigenvalue weighted by Gasteiger charge is 2.28. The fourth-order valence-corrected chi connectivity index (χ4v) is 3.57. The van der Waals surface area contributed by atoms with Crippen molar-refractivity contribution >= 4 is 6.03 Å². The third kappa shape index (κ3) is 4.18. The van der Waals surface area contributed by atoms with Gasteiger partial charge in [-0.05, 0) is 24.8 Å². The van der Waals surface area contributed by atoms with Crippen LogP contribution in [0, 0.1) is 0 Å². The van der Waals surface area contributed by atoms with E-state index in [1.807, 2.05) is 34.7 Å². The number of hydrogen-bond acceptors (Lipinski definition) is 3. The Labute approximate surface area is 149 Å². The molecule has 0 radical (unpaired) electrons. The van der Waals surface area contributed by atoms with Crippen LogP contribution in [0.25, 0.3) is 0 Å². The van der Waals surface area contributed by atoms with Gasteiger partial charge in [0.25, 0.3) is 0 Å². The van der Waals surface area contributed by atoms with Crippen molar-refractivity contribution in [2.24, 2.45) is 7.05 Å². The van der Waals surface area contributed by atoms with Gasteiger partial charge in [0.1, 0.15) is 12.2 Å². The Balaban J connectivity index is 1.66. The lowest BCUT2D eigenvalue weighted by atomic mass is 9.97. The van der Waals surface area contributed by atoms with E-state index >= 15 is 0 Å². The molecule has 0 saturated carbocycles. The molecule has 25 heavy (non-hydrogen) atoms. The topological polar surface area (TPSA) is 63.1 Å². The zero-order valence-electron chi connectivity index (χ0n) is 15.1. The highest BCUT2D eigenvalue weighted by atomic mass is 16.2. The highest BCUT2D eigenvalue weighted by molar-refractivity contribution is 5.75. The van der Waals surface area contributed by atoms with Crippen molar-refractivity contribution < 1.29 is 4.79 Å². The van der Waals surface area contributed by atoms with Crippen LogP contribution in [0.2, 0.25) is 0 Å². The van der Waals surface area contributed by atoms with Crippen LogP contribution in [-0.4, -0.2) is 38.8 Å². The zero-order valence-corrected chi connectivity index (χ0v) is 15.1. The molecule has 1 saturated heterocycles. The number of carbonyl (C=O) groups is 1. The summed E-state index contributed by atoms with van der Waals surface area (Å²) in [5, 5.41) is 11.4. The van der Waals surface area contributed by atoms with Gasteiger partial charge in [0.15, 0.2) is 0 Å². The van der Waals surface area contributed by atoms with Crippen LogP contribution in [0.5, 0.6) is 0 Å². The summed E-state index contributed by atoms with van der Waals surface area (Å²) in [5.41, 5.74) is 1.17. The Bertz CT molecular complexity index is 684. The summed E-state index contributed by atoms with van der Waals surface area (Å²) in [7, 11) is 1.96.